The highest BCUT2D eigenvalue weighted by atomic mass is 32.1. The summed E-state index contributed by atoms with van der Waals surface area (Å²) in [4.78, 5) is 0.330. The van der Waals surface area contributed by atoms with Gasteiger partial charge in [0, 0.05) is 18.1 Å². The second kappa shape index (κ2) is 5.38. The van der Waals surface area contributed by atoms with Crippen LogP contribution in [0.15, 0.2) is 12.3 Å². The van der Waals surface area contributed by atoms with Gasteiger partial charge in [-0.1, -0.05) is 26.1 Å². The molecule has 104 valence electrons. The maximum absolute atomic E-state index is 5.71. The molecule has 2 atom stereocenters. The van der Waals surface area contributed by atoms with Crippen LogP contribution >= 0.6 is 12.2 Å². The molecule has 0 spiro atoms. The molecule has 5 nitrogen and oxygen atoms in total. The van der Waals surface area contributed by atoms with Crippen LogP contribution in [0, 0.1) is 5.41 Å². The molecule has 0 aromatic carbocycles. The van der Waals surface area contributed by atoms with Gasteiger partial charge in [0.1, 0.15) is 4.99 Å². The van der Waals surface area contributed by atoms with Gasteiger partial charge < -0.3 is 15.8 Å². The lowest BCUT2D eigenvalue weighted by atomic mass is 9.64. The van der Waals surface area contributed by atoms with Crippen molar-refractivity contribution in [2.75, 3.05) is 11.9 Å². The Labute approximate surface area is 118 Å². The monoisotopic (exact) mass is 280 g/mol. The van der Waals surface area contributed by atoms with Crippen molar-refractivity contribution in [2.45, 2.75) is 39.3 Å². The third-order valence-corrected chi connectivity index (χ3v) is 4.06. The van der Waals surface area contributed by atoms with Crippen LogP contribution in [0.5, 0.6) is 0 Å². The first-order valence-corrected chi connectivity index (χ1v) is 6.87. The van der Waals surface area contributed by atoms with E-state index in [-0.39, 0.29) is 17.6 Å². The molecule has 0 aliphatic heterocycles. The molecule has 6 heteroatoms. The number of ether oxygens (including phenoxy) is 1. The number of aromatic nitrogens is 2. The fraction of sp³-hybridized carbons (Fsp3) is 0.615. The minimum absolute atomic E-state index is 0.0566. The second-order valence-corrected chi connectivity index (χ2v) is 5.80. The van der Waals surface area contributed by atoms with Crippen LogP contribution in [0.2, 0.25) is 0 Å². The van der Waals surface area contributed by atoms with Gasteiger partial charge in [-0.3, -0.25) is 0 Å². The largest absolute Gasteiger partial charge is 0.389 e. The van der Waals surface area contributed by atoms with E-state index in [9.17, 15) is 0 Å². The van der Waals surface area contributed by atoms with Gasteiger partial charge in [-0.05, 0) is 19.4 Å². The van der Waals surface area contributed by atoms with Crippen LogP contribution in [0.1, 0.15) is 32.8 Å². The average Bonchev–Trinajstić information content (AvgIpc) is 2.38. The number of rotatable bonds is 5. The van der Waals surface area contributed by atoms with Crippen molar-refractivity contribution < 1.29 is 4.74 Å². The van der Waals surface area contributed by atoms with Crippen LogP contribution in [0.4, 0.5) is 5.82 Å². The normalized spacial score (nSPS) is 24.6. The van der Waals surface area contributed by atoms with Crippen molar-refractivity contribution in [3.8, 4) is 0 Å². The molecule has 1 aromatic rings. The molecule has 2 unspecified atom stereocenters. The van der Waals surface area contributed by atoms with Crippen molar-refractivity contribution in [3.63, 3.8) is 0 Å². The van der Waals surface area contributed by atoms with Gasteiger partial charge in [0.05, 0.1) is 17.9 Å². The number of nitrogens with two attached hydrogens (primary N) is 1. The highest BCUT2D eigenvalue weighted by Gasteiger charge is 2.49. The molecule has 1 aliphatic carbocycles. The Morgan fingerprint density at radius 3 is 2.95 bits per heavy atom. The van der Waals surface area contributed by atoms with Gasteiger partial charge in [-0.25, -0.2) is 0 Å². The predicted molar refractivity (Wildman–Crippen MR) is 79.1 cm³/mol. The first kappa shape index (κ1) is 14.1. The zero-order chi connectivity index (χ0) is 14.0. The Kier molecular flexibility index (Phi) is 4.01. The van der Waals surface area contributed by atoms with Gasteiger partial charge in [-0.2, -0.15) is 5.10 Å². The molecule has 19 heavy (non-hydrogen) atoms. The van der Waals surface area contributed by atoms with E-state index in [0.29, 0.717) is 10.8 Å². The predicted octanol–water partition coefficient (Wildman–Crippen LogP) is 1.73. The molecule has 1 aliphatic rings. The number of hydrogen-bond acceptors (Lipinski definition) is 5. The van der Waals surface area contributed by atoms with E-state index in [1.165, 1.54) is 0 Å². The van der Waals surface area contributed by atoms with E-state index in [1.807, 2.05) is 6.92 Å². The molecular formula is C13H20N4OS. The Hall–Kier alpha value is -1.27. The van der Waals surface area contributed by atoms with Crippen molar-refractivity contribution in [3.05, 3.63) is 17.8 Å². The van der Waals surface area contributed by atoms with Gasteiger partial charge in [0.15, 0.2) is 5.82 Å². The fourth-order valence-electron chi connectivity index (χ4n) is 2.42. The number of thiocarbonyl (C=S) groups is 1. The Morgan fingerprint density at radius 1 is 1.63 bits per heavy atom. The zero-order valence-electron chi connectivity index (χ0n) is 11.5. The van der Waals surface area contributed by atoms with E-state index in [2.05, 4.69) is 29.4 Å². The summed E-state index contributed by atoms with van der Waals surface area (Å²) in [5.74, 6) is 0.656. The molecule has 0 bridgehead atoms. The smallest absolute Gasteiger partial charge is 0.159 e. The Morgan fingerprint density at radius 2 is 2.37 bits per heavy atom. The third kappa shape index (κ3) is 2.69. The topological polar surface area (TPSA) is 73.1 Å². The Bertz CT molecular complexity index is 477. The molecule has 1 saturated carbocycles. The highest BCUT2D eigenvalue weighted by Crippen LogP contribution is 2.44. The molecule has 3 N–H and O–H groups in total. The van der Waals surface area contributed by atoms with Gasteiger partial charge in [0.2, 0.25) is 0 Å². The van der Waals surface area contributed by atoms with Crippen LogP contribution in [0.3, 0.4) is 0 Å². The lowest BCUT2D eigenvalue weighted by Gasteiger charge is -2.51. The van der Waals surface area contributed by atoms with E-state index >= 15 is 0 Å². The summed E-state index contributed by atoms with van der Waals surface area (Å²) in [6.45, 7) is 7.13. The first-order valence-electron chi connectivity index (χ1n) is 6.46. The van der Waals surface area contributed by atoms with Crippen molar-refractivity contribution in [1.29, 1.82) is 0 Å². The summed E-state index contributed by atoms with van der Waals surface area (Å²) in [5.41, 5.74) is 6.48. The number of nitrogens with one attached hydrogen (secondary N) is 1. The van der Waals surface area contributed by atoms with E-state index < -0.39 is 0 Å². The van der Waals surface area contributed by atoms with E-state index in [0.717, 1.165) is 18.6 Å². The SMILES string of the molecule is CCOC1CC(Nc2nnccc2C(N)=S)C1(C)C. The molecule has 1 fully saturated rings. The lowest BCUT2D eigenvalue weighted by Crippen LogP contribution is -2.58. The van der Waals surface area contributed by atoms with Crippen LogP contribution in [-0.2, 0) is 4.74 Å². The van der Waals surface area contributed by atoms with Gasteiger partial charge in [-0.15, -0.1) is 5.10 Å². The van der Waals surface area contributed by atoms with Crippen LogP contribution < -0.4 is 11.1 Å². The Balaban J connectivity index is 2.10. The number of nitrogens with zero attached hydrogens (tertiary/aromatic N) is 2. The van der Waals surface area contributed by atoms with Gasteiger partial charge in [0.25, 0.3) is 0 Å². The minimum atomic E-state index is 0.0566. The average molecular weight is 280 g/mol. The summed E-state index contributed by atoms with van der Waals surface area (Å²) in [5, 5.41) is 11.4. The van der Waals surface area contributed by atoms with Crippen molar-refractivity contribution in [2.24, 2.45) is 11.1 Å². The molecule has 1 heterocycles. The fourth-order valence-corrected chi connectivity index (χ4v) is 2.58. The lowest BCUT2D eigenvalue weighted by molar-refractivity contribution is -0.0976. The molecule has 0 amide bonds. The minimum Gasteiger partial charge on any atom is -0.389 e. The van der Waals surface area contributed by atoms with E-state index in [4.69, 9.17) is 22.7 Å². The molecular weight excluding hydrogens is 260 g/mol. The summed E-state index contributed by atoms with van der Waals surface area (Å²) < 4.78 is 5.71. The highest BCUT2D eigenvalue weighted by molar-refractivity contribution is 7.80. The summed E-state index contributed by atoms with van der Waals surface area (Å²) in [7, 11) is 0. The standard InChI is InChI=1S/C13H20N4OS/c1-4-18-10-7-9(13(10,2)3)16-12-8(11(14)19)5-6-15-17-12/h5-6,9-10H,4,7H2,1-3H3,(H2,14,19)(H,16,17). The molecule has 0 radical (unpaired) electrons. The second-order valence-electron chi connectivity index (χ2n) is 5.36. The maximum atomic E-state index is 5.71. The van der Waals surface area contributed by atoms with Gasteiger partial charge >= 0.3 is 0 Å². The summed E-state index contributed by atoms with van der Waals surface area (Å²) >= 11 is 5.02. The summed E-state index contributed by atoms with van der Waals surface area (Å²) in [6, 6.07) is 2.07. The molecule has 0 saturated heterocycles. The van der Waals surface area contributed by atoms with Crippen molar-refractivity contribution in [1.82, 2.24) is 10.2 Å². The van der Waals surface area contributed by atoms with E-state index in [1.54, 1.807) is 12.3 Å². The molecule has 1 aromatic heterocycles. The number of anilines is 1. The van der Waals surface area contributed by atoms with Crippen LogP contribution in [0.25, 0.3) is 0 Å². The number of hydrogen-bond donors (Lipinski definition) is 2. The molecule has 2 rings (SSSR count). The quantitative estimate of drug-likeness (QED) is 0.800. The van der Waals surface area contributed by atoms with Crippen LogP contribution in [-0.4, -0.2) is 33.9 Å². The summed E-state index contributed by atoms with van der Waals surface area (Å²) in [6.07, 6.45) is 2.82. The van der Waals surface area contributed by atoms with Crippen molar-refractivity contribution >= 4 is 23.0 Å². The third-order valence-electron chi connectivity index (χ3n) is 3.84. The first-order chi connectivity index (χ1) is 8.96. The zero-order valence-corrected chi connectivity index (χ0v) is 12.3. The maximum Gasteiger partial charge on any atom is 0.159 e.